The molecule has 2 amide bonds. The lowest BCUT2D eigenvalue weighted by molar-refractivity contribution is -0.113. The van der Waals surface area contributed by atoms with Crippen molar-refractivity contribution in [1.82, 2.24) is 5.32 Å². The molecule has 1 heterocycles. The van der Waals surface area contributed by atoms with E-state index in [-0.39, 0.29) is 23.6 Å². The first-order valence-electron chi connectivity index (χ1n) is 9.27. The molecule has 152 valence electrons. The van der Waals surface area contributed by atoms with Crippen LogP contribution in [0.25, 0.3) is 6.08 Å². The number of ether oxygens (including phenoxy) is 1. The van der Waals surface area contributed by atoms with Crippen molar-refractivity contribution in [3.63, 3.8) is 0 Å². The predicted octanol–water partition coefficient (Wildman–Crippen LogP) is 3.87. The molecule has 7 heteroatoms. The average molecular weight is 404 g/mol. The average Bonchev–Trinajstić information content (AvgIpc) is 3.27. The summed E-state index contributed by atoms with van der Waals surface area (Å²) in [5.74, 6) is -1.25. The van der Waals surface area contributed by atoms with Gasteiger partial charge in [-0.15, -0.1) is 0 Å². The number of furan rings is 1. The third-order valence-corrected chi connectivity index (χ3v) is 4.03. The molecule has 3 rings (SSSR count). The largest absolute Gasteiger partial charge is 0.465 e. The summed E-state index contributed by atoms with van der Waals surface area (Å²) in [7, 11) is 0. The highest BCUT2D eigenvalue weighted by molar-refractivity contribution is 6.12. The van der Waals surface area contributed by atoms with Gasteiger partial charge in [0.1, 0.15) is 11.5 Å². The van der Waals surface area contributed by atoms with Gasteiger partial charge in [-0.05, 0) is 43.3 Å². The van der Waals surface area contributed by atoms with Crippen LogP contribution in [0.15, 0.2) is 83.1 Å². The van der Waals surface area contributed by atoms with Gasteiger partial charge in [0, 0.05) is 11.6 Å². The number of carbonyl (C=O) groups excluding carboxylic acids is 3. The Morgan fingerprint density at radius 3 is 2.40 bits per heavy atom. The van der Waals surface area contributed by atoms with Gasteiger partial charge in [-0.2, -0.15) is 0 Å². The lowest BCUT2D eigenvalue weighted by atomic mass is 10.1. The van der Waals surface area contributed by atoms with Crippen LogP contribution < -0.4 is 10.6 Å². The van der Waals surface area contributed by atoms with Gasteiger partial charge in [-0.25, -0.2) is 4.79 Å². The van der Waals surface area contributed by atoms with Crippen molar-refractivity contribution in [3.8, 4) is 0 Å². The topological polar surface area (TPSA) is 97.6 Å². The van der Waals surface area contributed by atoms with Gasteiger partial charge >= 0.3 is 5.97 Å². The minimum absolute atomic E-state index is 0.0440. The summed E-state index contributed by atoms with van der Waals surface area (Å²) >= 11 is 0. The maximum Gasteiger partial charge on any atom is 0.340 e. The highest BCUT2D eigenvalue weighted by atomic mass is 16.5. The van der Waals surface area contributed by atoms with Gasteiger partial charge in [0.05, 0.1) is 24.1 Å². The van der Waals surface area contributed by atoms with Gasteiger partial charge in [0.15, 0.2) is 0 Å². The molecule has 0 saturated heterocycles. The summed E-state index contributed by atoms with van der Waals surface area (Å²) < 4.78 is 10.3. The molecule has 3 aromatic rings. The number of amides is 2. The maximum atomic E-state index is 13.0. The first kappa shape index (κ1) is 20.6. The van der Waals surface area contributed by atoms with Crippen molar-refractivity contribution >= 4 is 29.5 Å². The molecular formula is C23H20N2O5. The van der Waals surface area contributed by atoms with Gasteiger partial charge in [-0.1, -0.05) is 30.3 Å². The highest BCUT2D eigenvalue weighted by Crippen LogP contribution is 2.18. The Morgan fingerprint density at radius 2 is 1.70 bits per heavy atom. The zero-order valence-electron chi connectivity index (χ0n) is 16.3. The van der Waals surface area contributed by atoms with E-state index in [1.807, 2.05) is 0 Å². The molecule has 2 aromatic carbocycles. The standard InChI is InChI=1S/C23H20N2O5/c1-2-29-23(28)18-12-6-7-13-19(18)24-22(27)20(15-17-11-8-14-30-17)25-21(26)16-9-4-3-5-10-16/h3-15H,2H2,1H3,(H,24,27)(H,25,26)/b20-15-. The van der Waals surface area contributed by atoms with E-state index in [9.17, 15) is 14.4 Å². The van der Waals surface area contributed by atoms with E-state index in [0.29, 0.717) is 11.3 Å². The minimum Gasteiger partial charge on any atom is -0.465 e. The third kappa shape index (κ3) is 5.23. The van der Waals surface area contributed by atoms with Crippen LogP contribution in [0.3, 0.4) is 0 Å². The molecule has 0 aliphatic rings. The number of benzene rings is 2. The van der Waals surface area contributed by atoms with Crippen LogP contribution in [0.2, 0.25) is 0 Å². The van der Waals surface area contributed by atoms with Crippen molar-refractivity contribution in [3.05, 3.63) is 95.6 Å². The molecule has 7 nitrogen and oxygen atoms in total. The van der Waals surface area contributed by atoms with Crippen LogP contribution in [-0.4, -0.2) is 24.4 Å². The Bertz CT molecular complexity index is 1060. The van der Waals surface area contributed by atoms with Crippen molar-refractivity contribution in [1.29, 1.82) is 0 Å². The number of nitrogens with one attached hydrogen (secondary N) is 2. The first-order valence-corrected chi connectivity index (χ1v) is 9.27. The van der Waals surface area contributed by atoms with Crippen LogP contribution in [-0.2, 0) is 9.53 Å². The van der Waals surface area contributed by atoms with Crippen molar-refractivity contribution in [2.75, 3.05) is 11.9 Å². The molecule has 0 aliphatic heterocycles. The summed E-state index contributed by atoms with van der Waals surface area (Å²) in [4.78, 5) is 37.7. The first-order chi connectivity index (χ1) is 14.6. The van der Waals surface area contributed by atoms with Crippen LogP contribution in [0.4, 0.5) is 5.69 Å². The zero-order valence-corrected chi connectivity index (χ0v) is 16.3. The van der Waals surface area contributed by atoms with Crippen molar-refractivity contribution in [2.24, 2.45) is 0 Å². The number of para-hydroxylation sites is 1. The number of rotatable bonds is 7. The lowest BCUT2D eigenvalue weighted by Crippen LogP contribution is -2.31. The van der Waals surface area contributed by atoms with Gasteiger partial charge in [-0.3, -0.25) is 9.59 Å². The summed E-state index contributed by atoms with van der Waals surface area (Å²) in [6.07, 6.45) is 2.86. The van der Waals surface area contributed by atoms with E-state index in [1.165, 1.54) is 12.3 Å². The number of hydrogen-bond donors (Lipinski definition) is 2. The quantitative estimate of drug-likeness (QED) is 0.460. The molecular weight excluding hydrogens is 384 g/mol. The van der Waals surface area contributed by atoms with E-state index >= 15 is 0 Å². The van der Waals surface area contributed by atoms with E-state index in [4.69, 9.17) is 9.15 Å². The molecule has 0 atom stereocenters. The Kier molecular flexibility index (Phi) is 6.78. The Balaban J connectivity index is 1.87. The van der Waals surface area contributed by atoms with E-state index in [1.54, 1.807) is 73.7 Å². The number of anilines is 1. The second kappa shape index (κ2) is 9.88. The Morgan fingerprint density at radius 1 is 0.967 bits per heavy atom. The minimum atomic E-state index is -0.618. The molecule has 0 unspecified atom stereocenters. The molecule has 0 aliphatic carbocycles. The SMILES string of the molecule is CCOC(=O)c1ccccc1NC(=O)/C(=C/c1ccco1)NC(=O)c1ccccc1. The molecule has 0 saturated carbocycles. The van der Waals surface area contributed by atoms with Crippen LogP contribution in [0, 0.1) is 0 Å². The fraction of sp³-hybridized carbons (Fsp3) is 0.0870. The number of esters is 1. The monoisotopic (exact) mass is 404 g/mol. The number of carbonyl (C=O) groups is 3. The van der Waals surface area contributed by atoms with Crippen LogP contribution >= 0.6 is 0 Å². The van der Waals surface area contributed by atoms with Crippen molar-refractivity contribution in [2.45, 2.75) is 6.92 Å². The number of hydrogen-bond acceptors (Lipinski definition) is 5. The van der Waals surface area contributed by atoms with Crippen LogP contribution in [0.1, 0.15) is 33.4 Å². The van der Waals surface area contributed by atoms with E-state index in [0.717, 1.165) is 0 Å². The summed E-state index contributed by atoms with van der Waals surface area (Å²) in [5.41, 5.74) is 0.819. The van der Waals surface area contributed by atoms with Gasteiger partial charge in [0.25, 0.3) is 11.8 Å². The molecule has 30 heavy (non-hydrogen) atoms. The zero-order chi connectivity index (χ0) is 21.3. The van der Waals surface area contributed by atoms with E-state index < -0.39 is 17.8 Å². The summed E-state index contributed by atoms with van der Waals surface area (Å²) in [6.45, 7) is 1.90. The summed E-state index contributed by atoms with van der Waals surface area (Å²) in [6, 6.07) is 18.3. The fourth-order valence-electron chi connectivity index (χ4n) is 2.63. The second-order valence-electron chi connectivity index (χ2n) is 6.11. The van der Waals surface area contributed by atoms with Crippen molar-refractivity contribution < 1.29 is 23.5 Å². The Labute approximate surface area is 173 Å². The molecule has 0 radical (unpaired) electrons. The lowest BCUT2D eigenvalue weighted by Gasteiger charge is -2.13. The molecule has 0 bridgehead atoms. The van der Waals surface area contributed by atoms with E-state index in [2.05, 4.69) is 10.6 Å². The van der Waals surface area contributed by atoms with Gasteiger partial charge < -0.3 is 19.8 Å². The molecule has 2 N–H and O–H groups in total. The third-order valence-electron chi connectivity index (χ3n) is 4.03. The summed E-state index contributed by atoms with van der Waals surface area (Å²) in [5, 5.41) is 5.25. The Hall–Kier alpha value is -4.13. The second-order valence-corrected chi connectivity index (χ2v) is 6.11. The smallest absolute Gasteiger partial charge is 0.340 e. The molecule has 0 spiro atoms. The molecule has 0 fully saturated rings. The fourth-order valence-corrected chi connectivity index (χ4v) is 2.63. The van der Waals surface area contributed by atoms with Gasteiger partial charge in [0.2, 0.25) is 0 Å². The molecule has 1 aromatic heterocycles. The highest BCUT2D eigenvalue weighted by Gasteiger charge is 2.19. The van der Waals surface area contributed by atoms with Crippen LogP contribution in [0.5, 0.6) is 0 Å². The normalized spacial score (nSPS) is 10.9. The maximum absolute atomic E-state index is 13.0. The predicted molar refractivity (Wildman–Crippen MR) is 112 cm³/mol.